The van der Waals surface area contributed by atoms with Gasteiger partial charge >= 0.3 is 0 Å². The Hall–Kier alpha value is -1.50. The van der Waals surface area contributed by atoms with E-state index in [2.05, 4.69) is 62.9 Å². The van der Waals surface area contributed by atoms with E-state index in [0.717, 1.165) is 6.54 Å². The van der Waals surface area contributed by atoms with Crippen LogP contribution in [-0.2, 0) is 11.8 Å². The summed E-state index contributed by atoms with van der Waals surface area (Å²) in [5, 5.41) is 2.88. The van der Waals surface area contributed by atoms with Gasteiger partial charge in [-0.15, -0.1) is 0 Å². The number of aryl methyl sites for hydroxylation is 1. The highest BCUT2D eigenvalue weighted by molar-refractivity contribution is 5.94. The molecule has 104 valence electrons. The molecule has 0 aromatic heterocycles. The summed E-state index contributed by atoms with van der Waals surface area (Å²) in [7, 11) is 0. The van der Waals surface area contributed by atoms with Crippen molar-refractivity contribution in [3.63, 3.8) is 0 Å². The van der Waals surface area contributed by atoms with Crippen LogP contribution in [0.5, 0.6) is 0 Å². The van der Waals surface area contributed by atoms with Gasteiger partial charge in [-0.2, -0.15) is 0 Å². The largest absolute Gasteiger partial charge is 0.365 e. The smallest absolute Gasteiger partial charge is 0.0448 e. The van der Waals surface area contributed by atoms with Crippen LogP contribution in [0.4, 0.5) is 5.69 Å². The van der Waals surface area contributed by atoms with E-state index in [1.165, 1.54) is 23.6 Å². The number of fused-ring (bicyclic) bond motifs is 2. The number of nitrogens with zero attached hydrogens (tertiary/aromatic N) is 1. The second-order valence-electron chi connectivity index (χ2n) is 7.75. The van der Waals surface area contributed by atoms with Crippen molar-refractivity contribution in [2.24, 2.45) is 0 Å². The monoisotopic (exact) mass is 265 g/mol. The van der Waals surface area contributed by atoms with E-state index in [1.807, 2.05) is 0 Å². The summed E-state index contributed by atoms with van der Waals surface area (Å²) in [6.45, 7) is 10.7. The van der Waals surface area contributed by atoms with Gasteiger partial charge in [-0.25, -0.2) is 0 Å². The van der Waals surface area contributed by atoms with Gasteiger partial charge in [-0.3, -0.25) is 0 Å². The minimum absolute atomic E-state index is 0.260. The SMILES string of the molecule is CC1(C)CN2c3c1cc1ccccc1c3CCC2(C)C. The standard InChI is InChI=1S/C19H23N/c1-18(2)12-20-17-15(9-10-19(20,3)4)14-8-6-5-7-13(14)11-16(17)18/h5-8,11H,9-10,12H2,1-4H3. The molecule has 0 saturated carbocycles. The molecule has 0 bridgehead atoms. The van der Waals surface area contributed by atoms with Crippen LogP contribution in [0.1, 0.15) is 45.2 Å². The van der Waals surface area contributed by atoms with E-state index in [0.29, 0.717) is 0 Å². The lowest BCUT2D eigenvalue weighted by Gasteiger charge is -2.43. The van der Waals surface area contributed by atoms with E-state index in [4.69, 9.17) is 0 Å². The maximum atomic E-state index is 2.67. The molecule has 0 fully saturated rings. The Balaban J connectivity index is 2.11. The lowest BCUT2D eigenvalue weighted by Crippen LogP contribution is -2.47. The van der Waals surface area contributed by atoms with Crippen LogP contribution < -0.4 is 4.90 Å². The molecule has 0 spiro atoms. The summed E-state index contributed by atoms with van der Waals surface area (Å²) in [6.07, 6.45) is 2.47. The highest BCUT2D eigenvalue weighted by Crippen LogP contribution is 2.51. The van der Waals surface area contributed by atoms with Gasteiger partial charge in [0.1, 0.15) is 0 Å². The zero-order valence-electron chi connectivity index (χ0n) is 13.0. The van der Waals surface area contributed by atoms with Crippen molar-refractivity contribution in [1.82, 2.24) is 0 Å². The van der Waals surface area contributed by atoms with E-state index in [-0.39, 0.29) is 11.0 Å². The van der Waals surface area contributed by atoms with Crippen molar-refractivity contribution < 1.29 is 0 Å². The fraction of sp³-hybridized carbons (Fsp3) is 0.474. The molecule has 0 atom stereocenters. The van der Waals surface area contributed by atoms with Crippen LogP contribution in [0.2, 0.25) is 0 Å². The molecule has 1 nitrogen and oxygen atoms in total. The van der Waals surface area contributed by atoms with Crippen LogP contribution in [0, 0.1) is 0 Å². The van der Waals surface area contributed by atoms with Crippen molar-refractivity contribution in [2.45, 2.75) is 51.5 Å². The van der Waals surface area contributed by atoms with Crippen LogP contribution in [-0.4, -0.2) is 12.1 Å². The summed E-state index contributed by atoms with van der Waals surface area (Å²) < 4.78 is 0. The van der Waals surface area contributed by atoms with E-state index >= 15 is 0 Å². The zero-order valence-corrected chi connectivity index (χ0v) is 13.0. The first-order valence-electron chi connectivity index (χ1n) is 7.73. The Morgan fingerprint density at radius 2 is 1.80 bits per heavy atom. The zero-order chi connectivity index (χ0) is 14.1. The topological polar surface area (TPSA) is 3.24 Å². The van der Waals surface area contributed by atoms with E-state index in [9.17, 15) is 0 Å². The van der Waals surface area contributed by atoms with Crippen molar-refractivity contribution >= 4 is 16.5 Å². The van der Waals surface area contributed by atoms with Gasteiger partial charge in [0.15, 0.2) is 0 Å². The average Bonchev–Trinajstić information content (AvgIpc) is 2.67. The molecular formula is C19H23N. The summed E-state index contributed by atoms with van der Waals surface area (Å²) in [6, 6.07) is 11.3. The predicted molar refractivity (Wildman–Crippen MR) is 86.7 cm³/mol. The molecule has 1 heteroatoms. The molecule has 2 aromatic carbocycles. The van der Waals surface area contributed by atoms with Crippen LogP contribution in [0.3, 0.4) is 0 Å². The van der Waals surface area contributed by atoms with Gasteiger partial charge in [-0.05, 0) is 54.7 Å². The minimum Gasteiger partial charge on any atom is -0.365 e. The Labute approximate surface area is 121 Å². The third kappa shape index (κ3) is 1.44. The first-order chi connectivity index (χ1) is 9.40. The van der Waals surface area contributed by atoms with Gasteiger partial charge in [0.05, 0.1) is 0 Å². The Bertz CT molecular complexity index is 709. The maximum Gasteiger partial charge on any atom is 0.0448 e. The first kappa shape index (κ1) is 12.3. The number of hydrogen-bond donors (Lipinski definition) is 0. The Morgan fingerprint density at radius 3 is 2.60 bits per heavy atom. The normalized spacial score (nSPS) is 22.1. The summed E-state index contributed by atoms with van der Waals surface area (Å²) in [5.74, 6) is 0. The quantitative estimate of drug-likeness (QED) is 0.669. The lowest BCUT2D eigenvalue weighted by atomic mass is 9.82. The number of rotatable bonds is 0. The number of hydrogen-bond acceptors (Lipinski definition) is 1. The molecule has 4 rings (SSSR count). The molecule has 2 aromatic rings. The third-order valence-electron chi connectivity index (χ3n) is 5.40. The fourth-order valence-electron chi connectivity index (χ4n) is 4.13. The van der Waals surface area contributed by atoms with E-state index in [1.54, 1.807) is 16.8 Å². The molecule has 2 heterocycles. The van der Waals surface area contributed by atoms with Gasteiger partial charge in [-0.1, -0.05) is 38.1 Å². The molecule has 0 N–H and O–H groups in total. The molecule has 0 unspecified atom stereocenters. The van der Waals surface area contributed by atoms with Crippen LogP contribution >= 0.6 is 0 Å². The molecule has 0 radical (unpaired) electrons. The van der Waals surface area contributed by atoms with Crippen molar-refractivity contribution in [2.75, 3.05) is 11.4 Å². The molecule has 2 aliphatic heterocycles. The molecule has 0 aliphatic carbocycles. The van der Waals surface area contributed by atoms with Crippen LogP contribution in [0.25, 0.3) is 10.8 Å². The highest BCUT2D eigenvalue weighted by Gasteiger charge is 2.45. The van der Waals surface area contributed by atoms with E-state index < -0.39 is 0 Å². The van der Waals surface area contributed by atoms with Crippen molar-refractivity contribution in [3.05, 3.63) is 41.5 Å². The molecule has 0 saturated heterocycles. The molecule has 20 heavy (non-hydrogen) atoms. The highest BCUT2D eigenvalue weighted by atomic mass is 15.2. The molecular weight excluding hydrogens is 242 g/mol. The minimum atomic E-state index is 0.260. The fourth-order valence-corrected chi connectivity index (χ4v) is 4.13. The maximum absolute atomic E-state index is 2.67. The summed E-state index contributed by atoms with van der Waals surface area (Å²) in [4.78, 5) is 2.67. The molecule has 2 aliphatic rings. The van der Waals surface area contributed by atoms with Crippen molar-refractivity contribution in [1.29, 1.82) is 0 Å². The Morgan fingerprint density at radius 1 is 1.05 bits per heavy atom. The second-order valence-corrected chi connectivity index (χ2v) is 7.75. The van der Waals surface area contributed by atoms with Gasteiger partial charge in [0.25, 0.3) is 0 Å². The van der Waals surface area contributed by atoms with Gasteiger partial charge in [0, 0.05) is 23.2 Å². The Kier molecular flexibility index (Phi) is 2.19. The third-order valence-corrected chi connectivity index (χ3v) is 5.40. The second kappa shape index (κ2) is 3.58. The summed E-state index contributed by atoms with van der Waals surface area (Å²) in [5.41, 5.74) is 5.24. The van der Waals surface area contributed by atoms with Gasteiger partial charge < -0.3 is 4.90 Å². The number of benzene rings is 2. The number of anilines is 1. The van der Waals surface area contributed by atoms with Gasteiger partial charge in [0.2, 0.25) is 0 Å². The average molecular weight is 265 g/mol. The molecule has 0 amide bonds. The predicted octanol–water partition coefficient (Wildman–Crippen LogP) is 4.66. The first-order valence-corrected chi connectivity index (χ1v) is 7.73. The van der Waals surface area contributed by atoms with Crippen LogP contribution in [0.15, 0.2) is 30.3 Å². The van der Waals surface area contributed by atoms with Crippen molar-refractivity contribution in [3.8, 4) is 0 Å². The lowest BCUT2D eigenvalue weighted by molar-refractivity contribution is 0.395. The summed E-state index contributed by atoms with van der Waals surface area (Å²) >= 11 is 0.